The molecular weight excluding hydrogens is 346 g/mol. The molecule has 0 unspecified atom stereocenters. The number of hydrogen-bond donors (Lipinski definition) is 1. The Balaban J connectivity index is 2.36. The Morgan fingerprint density at radius 3 is 2.55 bits per heavy atom. The summed E-state index contributed by atoms with van der Waals surface area (Å²) in [5.41, 5.74) is 1.77. The standard InChI is InChI=1S/C17H12BrNO3/c18-12-6-7-13-15(8-12)19(10-16(20)21)9-14(17(13)22)11-4-2-1-3-5-11/h1-9H,10H2,(H,20,21). The third kappa shape index (κ3) is 2.67. The van der Waals surface area contributed by atoms with E-state index in [1.807, 2.05) is 30.3 Å². The number of aliphatic carboxylic acids is 1. The molecule has 0 amide bonds. The van der Waals surface area contributed by atoms with E-state index in [-0.39, 0.29) is 12.0 Å². The van der Waals surface area contributed by atoms with Gasteiger partial charge in [-0.3, -0.25) is 9.59 Å². The van der Waals surface area contributed by atoms with Gasteiger partial charge in [0.05, 0.1) is 5.52 Å². The number of nitrogens with zero attached hydrogens (tertiary/aromatic N) is 1. The number of halogens is 1. The van der Waals surface area contributed by atoms with Crippen molar-refractivity contribution in [2.24, 2.45) is 0 Å². The van der Waals surface area contributed by atoms with Gasteiger partial charge in [-0.15, -0.1) is 0 Å². The molecule has 3 rings (SSSR count). The SMILES string of the molecule is O=C(O)Cn1cc(-c2ccccc2)c(=O)c2ccc(Br)cc21. The van der Waals surface area contributed by atoms with Crippen LogP contribution in [0, 0.1) is 0 Å². The van der Waals surface area contributed by atoms with Crippen molar-refractivity contribution in [3.63, 3.8) is 0 Å². The van der Waals surface area contributed by atoms with Gasteiger partial charge in [0.1, 0.15) is 6.54 Å². The van der Waals surface area contributed by atoms with Crippen molar-refractivity contribution >= 4 is 32.8 Å². The van der Waals surface area contributed by atoms with E-state index in [0.29, 0.717) is 16.5 Å². The van der Waals surface area contributed by atoms with Crippen LogP contribution in [0.5, 0.6) is 0 Å². The summed E-state index contributed by atoms with van der Waals surface area (Å²) >= 11 is 3.36. The molecule has 1 N–H and O–H groups in total. The topological polar surface area (TPSA) is 59.3 Å². The highest BCUT2D eigenvalue weighted by molar-refractivity contribution is 9.10. The summed E-state index contributed by atoms with van der Waals surface area (Å²) in [6.45, 7) is -0.201. The summed E-state index contributed by atoms with van der Waals surface area (Å²) in [4.78, 5) is 23.8. The van der Waals surface area contributed by atoms with Crippen LogP contribution in [-0.4, -0.2) is 15.6 Å². The Labute approximate surface area is 134 Å². The molecule has 110 valence electrons. The highest BCUT2D eigenvalue weighted by Crippen LogP contribution is 2.22. The minimum atomic E-state index is -0.955. The molecule has 22 heavy (non-hydrogen) atoms. The molecule has 0 atom stereocenters. The lowest BCUT2D eigenvalue weighted by Crippen LogP contribution is -2.16. The molecule has 0 spiro atoms. The molecule has 0 fully saturated rings. The fourth-order valence-electron chi connectivity index (χ4n) is 2.46. The van der Waals surface area contributed by atoms with Crippen molar-refractivity contribution in [2.45, 2.75) is 6.54 Å². The molecule has 1 heterocycles. The maximum Gasteiger partial charge on any atom is 0.323 e. The van der Waals surface area contributed by atoms with E-state index in [1.165, 1.54) is 0 Å². The highest BCUT2D eigenvalue weighted by atomic mass is 79.9. The summed E-state index contributed by atoms with van der Waals surface area (Å²) in [6.07, 6.45) is 1.61. The molecule has 0 aliphatic carbocycles. The maximum absolute atomic E-state index is 12.7. The zero-order chi connectivity index (χ0) is 15.7. The van der Waals surface area contributed by atoms with Crippen LogP contribution in [0.3, 0.4) is 0 Å². The second-order valence-corrected chi connectivity index (χ2v) is 5.84. The number of benzene rings is 2. The van der Waals surface area contributed by atoms with Crippen LogP contribution in [0.25, 0.3) is 22.0 Å². The van der Waals surface area contributed by atoms with Crippen LogP contribution < -0.4 is 5.43 Å². The summed E-state index contributed by atoms with van der Waals surface area (Å²) in [5, 5.41) is 9.62. The average Bonchev–Trinajstić information content (AvgIpc) is 2.50. The number of pyridine rings is 1. The zero-order valence-corrected chi connectivity index (χ0v) is 13.1. The van der Waals surface area contributed by atoms with Gasteiger partial charge in [0.25, 0.3) is 0 Å². The number of aromatic nitrogens is 1. The number of hydrogen-bond acceptors (Lipinski definition) is 2. The molecular formula is C17H12BrNO3. The van der Waals surface area contributed by atoms with Crippen molar-refractivity contribution in [3.8, 4) is 11.1 Å². The van der Waals surface area contributed by atoms with Crippen LogP contribution in [0.2, 0.25) is 0 Å². The molecule has 5 heteroatoms. The largest absolute Gasteiger partial charge is 0.480 e. The lowest BCUT2D eigenvalue weighted by Gasteiger charge is -2.12. The first-order chi connectivity index (χ1) is 10.6. The van der Waals surface area contributed by atoms with Crippen LogP contribution >= 0.6 is 15.9 Å². The van der Waals surface area contributed by atoms with E-state index in [2.05, 4.69) is 15.9 Å². The van der Waals surface area contributed by atoms with Gasteiger partial charge in [-0.05, 0) is 23.8 Å². The van der Waals surface area contributed by atoms with Crippen molar-refractivity contribution in [3.05, 3.63) is 69.4 Å². The molecule has 1 aromatic heterocycles. The smallest absolute Gasteiger partial charge is 0.323 e. The van der Waals surface area contributed by atoms with Crippen molar-refractivity contribution in [2.75, 3.05) is 0 Å². The number of carboxylic acid groups (broad SMARTS) is 1. The van der Waals surface area contributed by atoms with Crippen LogP contribution in [0.1, 0.15) is 0 Å². The van der Waals surface area contributed by atoms with Gasteiger partial charge in [-0.2, -0.15) is 0 Å². The molecule has 0 saturated heterocycles. The number of carboxylic acids is 1. The lowest BCUT2D eigenvalue weighted by molar-refractivity contribution is -0.137. The third-order valence-electron chi connectivity index (χ3n) is 3.43. The monoisotopic (exact) mass is 357 g/mol. The predicted molar refractivity (Wildman–Crippen MR) is 89.0 cm³/mol. The summed E-state index contributed by atoms with van der Waals surface area (Å²) < 4.78 is 2.39. The third-order valence-corrected chi connectivity index (χ3v) is 3.93. The first kappa shape index (κ1) is 14.5. The van der Waals surface area contributed by atoms with E-state index in [0.717, 1.165) is 10.0 Å². The van der Waals surface area contributed by atoms with Crippen LogP contribution in [0.15, 0.2) is 64.0 Å². The predicted octanol–water partition coefficient (Wildman–Crippen LogP) is 3.52. The van der Waals surface area contributed by atoms with Gasteiger partial charge in [-0.1, -0.05) is 46.3 Å². The molecule has 0 saturated carbocycles. The molecule has 0 aliphatic heterocycles. The van der Waals surface area contributed by atoms with Crippen LogP contribution in [-0.2, 0) is 11.3 Å². The molecule has 2 aromatic carbocycles. The number of rotatable bonds is 3. The fraction of sp³-hybridized carbons (Fsp3) is 0.0588. The Morgan fingerprint density at radius 1 is 1.14 bits per heavy atom. The molecule has 0 radical (unpaired) electrons. The van der Waals surface area contributed by atoms with E-state index in [1.54, 1.807) is 29.0 Å². The van der Waals surface area contributed by atoms with E-state index < -0.39 is 5.97 Å². The van der Waals surface area contributed by atoms with E-state index in [9.17, 15) is 9.59 Å². The summed E-state index contributed by atoms with van der Waals surface area (Å²) in [7, 11) is 0. The van der Waals surface area contributed by atoms with Gasteiger partial charge in [-0.25, -0.2) is 0 Å². The molecule has 3 aromatic rings. The lowest BCUT2D eigenvalue weighted by atomic mass is 10.0. The first-order valence-corrected chi connectivity index (χ1v) is 7.45. The second-order valence-electron chi connectivity index (χ2n) is 4.92. The van der Waals surface area contributed by atoms with Crippen LogP contribution in [0.4, 0.5) is 0 Å². The first-order valence-electron chi connectivity index (χ1n) is 6.66. The van der Waals surface area contributed by atoms with Gasteiger partial charge < -0.3 is 9.67 Å². The molecule has 0 bridgehead atoms. The van der Waals surface area contributed by atoms with Gasteiger partial charge in [0.2, 0.25) is 0 Å². The quantitative estimate of drug-likeness (QED) is 0.780. The minimum absolute atomic E-state index is 0.102. The van der Waals surface area contributed by atoms with Crippen molar-refractivity contribution < 1.29 is 9.90 Å². The summed E-state index contributed by atoms with van der Waals surface area (Å²) in [6, 6.07) is 14.5. The Morgan fingerprint density at radius 2 is 1.86 bits per heavy atom. The fourth-order valence-corrected chi connectivity index (χ4v) is 2.81. The maximum atomic E-state index is 12.7. The minimum Gasteiger partial charge on any atom is -0.480 e. The Bertz CT molecular complexity index is 916. The van der Waals surface area contributed by atoms with Crippen molar-refractivity contribution in [1.29, 1.82) is 0 Å². The second kappa shape index (κ2) is 5.77. The average molecular weight is 358 g/mol. The zero-order valence-electron chi connectivity index (χ0n) is 11.5. The summed E-state index contributed by atoms with van der Waals surface area (Å²) in [5.74, 6) is -0.955. The van der Waals surface area contributed by atoms with Gasteiger partial charge in [0.15, 0.2) is 5.43 Å². The van der Waals surface area contributed by atoms with Crippen molar-refractivity contribution in [1.82, 2.24) is 4.57 Å². The van der Waals surface area contributed by atoms with Gasteiger partial charge in [0, 0.05) is 21.6 Å². The Hall–Kier alpha value is -2.40. The molecule has 4 nitrogen and oxygen atoms in total. The Kier molecular flexibility index (Phi) is 3.81. The van der Waals surface area contributed by atoms with Gasteiger partial charge >= 0.3 is 5.97 Å². The number of fused-ring (bicyclic) bond motifs is 1. The normalized spacial score (nSPS) is 10.8. The number of carbonyl (C=O) groups is 1. The molecule has 0 aliphatic rings. The van der Waals surface area contributed by atoms with E-state index >= 15 is 0 Å². The highest BCUT2D eigenvalue weighted by Gasteiger charge is 2.12. The van der Waals surface area contributed by atoms with E-state index in [4.69, 9.17) is 5.11 Å².